The van der Waals surface area contributed by atoms with Crippen LogP contribution in [0.25, 0.3) is 22.0 Å². The maximum atomic E-state index is 13.0. The van der Waals surface area contributed by atoms with Gasteiger partial charge in [0.25, 0.3) is 0 Å². The Balaban J connectivity index is 1.25. The van der Waals surface area contributed by atoms with Crippen LogP contribution in [-0.4, -0.2) is 39.6 Å². The van der Waals surface area contributed by atoms with E-state index in [-0.39, 0.29) is 12.5 Å². The number of anilines is 1. The predicted molar refractivity (Wildman–Crippen MR) is 132 cm³/mol. The van der Waals surface area contributed by atoms with Gasteiger partial charge in [-0.15, -0.1) is 11.8 Å². The number of ether oxygens (including phenoxy) is 1. The van der Waals surface area contributed by atoms with Crippen molar-refractivity contribution in [2.75, 3.05) is 16.9 Å². The zero-order valence-electron chi connectivity index (χ0n) is 17.9. The van der Waals surface area contributed by atoms with Crippen molar-refractivity contribution in [1.29, 1.82) is 0 Å². The van der Waals surface area contributed by atoms with E-state index in [1.165, 1.54) is 4.90 Å². The fourth-order valence-corrected chi connectivity index (χ4v) is 5.02. The summed E-state index contributed by atoms with van der Waals surface area (Å²) in [6.45, 7) is 0.183. The molecule has 1 fully saturated rings. The highest BCUT2D eigenvalue weighted by Gasteiger charge is 2.35. The van der Waals surface area contributed by atoms with Crippen LogP contribution < -0.4 is 5.32 Å². The molecule has 1 aliphatic rings. The fourth-order valence-electron chi connectivity index (χ4n) is 3.88. The number of H-pyrrole nitrogens is 1. The second kappa shape index (κ2) is 9.42. The Hall–Kier alpha value is -3.71. The van der Waals surface area contributed by atoms with E-state index in [9.17, 15) is 9.59 Å². The third-order valence-corrected chi connectivity index (χ3v) is 6.65. The van der Waals surface area contributed by atoms with Gasteiger partial charge in [-0.2, -0.15) is 0 Å². The number of hydrogen-bond donors (Lipinski definition) is 2. The molecule has 0 unspecified atom stereocenters. The number of amides is 2. The van der Waals surface area contributed by atoms with Crippen molar-refractivity contribution in [3.8, 4) is 11.1 Å². The third kappa shape index (κ3) is 4.73. The standard InChI is InChI=1S/C26H23N3O3S/c30-25(24-16-33-17-29(24)26(31)32-15-18-5-2-1-3-6-18)28-22-8-4-7-19(14-22)20-9-10-23-21(13-20)11-12-27-23/h1-14,24,27H,15-17H2,(H,28,30)/t24-/m0/s1. The third-order valence-electron chi connectivity index (χ3n) is 5.64. The smallest absolute Gasteiger partial charge is 0.411 e. The molecule has 0 spiro atoms. The molecule has 4 aromatic rings. The Labute approximate surface area is 195 Å². The van der Waals surface area contributed by atoms with Crippen molar-refractivity contribution in [3.63, 3.8) is 0 Å². The van der Waals surface area contributed by atoms with Gasteiger partial charge < -0.3 is 15.0 Å². The number of rotatable bonds is 5. The molecule has 2 N–H and O–H groups in total. The summed E-state index contributed by atoms with van der Waals surface area (Å²) in [6, 6.07) is 24.9. The number of thioether (sulfide) groups is 1. The zero-order valence-corrected chi connectivity index (χ0v) is 18.7. The van der Waals surface area contributed by atoms with Crippen LogP contribution in [0, 0.1) is 0 Å². The van der Waals surface area contributed by atoms with Crippen LogP contribution in [-0.2, 0) is 16.1 Å². The highest BCUT2D eigenvalue weighted by Crippen LogP contribution is 2.27. The Morgan fingerprint density at radius 1 is 1.00 bits per heavy atom. The van der Waals surface area contributed by atoms with Gasteiger partial charge in [0.1, 0.15) is 12.6 Å². The van der Waals surface area contributed by atoms with E-state index in [0.717, 1.165) is 27.6 Å². The second-order valence-electron chi connectivity index (χ2n) is 7.88. The molecule has 0 bridgehead atoms. The Kier molecular flexibility index (Phi) is 6.04. The lowest BCUT2D eigenvalue weighted by atomic mass is 10.0. The Bertz CT molecular complexity index is 1290. The van der Waals surface area contributed by atoms with Crippen molar-refractivity contribution in [2.24, 2.45) is 0 Å². The van der Waals surface area contributed by atoms with E-state index in [2.05, 4.69) is 22.4 Å². The first-order valence-corrected chi connectivity index (χ1v) is 11.9. The van der Waals surface area contributed by atoms with Crippen LogP contribution >= 0.6 is 11.8 Å². The maximum absolute atomic E-state index is 13.0. The summed E-state index contributed by atoms with van der Waals surface area (Å²) >= 11 is 1.54. The summed E-state index contributed by atoms with van der Waals surface area (Å²) in [4.78, 5) is 30.3. The van der Waals surface area contributed by atoms with E-state index in [1.54, 1.807) is 11.8 Å². The molecule has 6 nitrogen and oxygen atoms in total. The van der Waals surface area contributed by atoms with E-state index in [4.69, 9.17) is 4.74 Å². The van der Waals surface area contributed by atoms with Gasteiger partial charge in [0, 0.05) is 23.2 Å². The molecule has 3 aromatic carbocycles. The van der Waals surface area contributed by atoms with Gasteiger partial charge in [-0.1, -0.05) is 48.5 Å². The number of carbonyl (C=O) groups excluding carboxylic acids is 2. The van der Waals surface area contributed by atoms with E-state index in [0.29, 0.717) is 17.3 Å². The monoisotopic (exact) mass is 457 g/mol. The summed E-state index contributed by atoms with van der Waals surface area (Å²) < 4.78 is 5.44. The van der Waals surface area contributed by atoms with Gasteiger partial charge in [0.2, 0.25) is 5.91 Å². The summed E-state index contributed by atoms with van der Waals surface area (Å²) in [5, 5.41) is 4.11. The van der Waals surface area contributed by atoms with E-state index >= 15 is 0 Å². The number of carbonyl (C=O) groups is 2. The van der Waals surface area contributed by atoms with Crippen molar-refractivity contribution >= 4 is 40.4 Å². The van der Waals surface area contributed by atoms with Crippen LogP contribution in [0.4, 0.5) is 10.5 Å². The van der Waals surface area contributed by atoms with Crippen LogP contribution in [0.3, 0.4) is 0 Å². The molecule has 0 aliphatic carbocycles. The van der Waals surface area contributed by atoms with Gasteiger partial charge in [-0.25, -0.2) is 4.79 Å². The Morgan fingerprint density at radius 3 is 2.73 bits per heavy atom. The molecule has 0 radical (unpaired) electrons. The number of fused-ring (bicyclic) bond motifs is 1. The van der Waals surface area contributed by atoms with Gasteiger partial charge in [-0.05, 0) is 52.4 Å². The van der Waals surface area contributed by atoms with Crippen LogP contribution in [0.1, 0.15) is 5.56 Å². The summed E-state index contributed by atoms with van der Waals surface area (Å²) in [5.74, 6) is 0.758. The number of benzene rings is 3. The number of nitrogens with zero attached hydrogens (tertiary/aromatic N) is 1. The minimum atomic E-state index is -0.571. The van der Waals surface area contributed by atoms with Crippen molar-refractivity contribution in [1.82, 2.24) is 9.88 Å². The minimum absolute atomic E-state index is 0.183. The SMILES string of the molecule is O=C(Nc1cccc(-c2ccc3[nH]ccc3c2)c1)[C@@H]1CSCN1C(=O)OCc1ccccc1. The molecule has 5 rings (SSSR count). The van der Waals surface area contributed by atoms with Gasteiger partial charge in [0.15, 0.2) is 0 Å². The van der Waals surface area contributed by atoms with Crippen LogP contribution in [0.2, 0.25) is 0 Å². The van der Waals surface area contributed by atoms with Gasteiger partial charge >= 0.3 is 6.09 Å². The zero-order chi connectivity index (χ0) is 22.6. The molecule has 2 heterocycles. The summed E-state index contributed by atoms with van der Waals surface area (Å²) in [6.07, 6.45) is 1.44. The van der Waals surface area contributed by atoms with E-state index in [1.807, 2.05) is 72.9 Å². The molecule has 0 saturated carbocycles. The minimum Gasteiger partial charge on any atom is -0.445 e. The number of hydrogen-bond acceptors (Lipinski definition) is 4. The topological polar surface area (TPSA) is 74.4 Å². The quantitative estimate of drug-likeness (QED) is 0.416. The normalized spacial score (nSPS) is 15.5. The van der Waals surface area contributed by atoms with Gasteiger partial charge in [0.05, 0.1) is 5.88 Å². The van der Waals surface area contributed by atoms with E-state index < -0.39 is 12.1 Å². The second-order valence-corrected chi connectivity index (χ2v) is 8.88. The predicted octanol–water partition coefficient (Wildman–Crippen LogP) is 5.49. The van der Waals surface area contributed by atoms with Gasteiger partial charge in [-0.3, -0.25) is 9.69 Å². The lowest BCUT2D eigenvalue weighted by Crippen LogP contribution is -2.44. The highest BCUT2D eigenvalue weighted by molar-refractivity contribution is 7.99. The molecule has 1 atom stereocenters. The van der Waals surface area contributed by atoms with Crippen LogP contribution in [0.5, 0.6) is 0 Å². The lowest BCUT2D eigenvalue weighted by Gasteiger charge is -2.22. The lowest BCUT2D eigenvalue weighted by molar-refractivity contribution is -0.119. The van der Waals surface area contributed by atoms with Crippen molar-refractivity contribution in [3.05, 3.63) is 90.6 Å². The molecule has 166 valence electrons. The molecule has 1 aromatic heterocycles. The molecule has 33 heavy (non-hydrogen) atoms. The number of aromatic amines is 1. The Morgan fingerprint density at radius 2 is 1.85 bits per heavy atom. The molecule has 7 heteroatoms. The maximum Gasteiger partial charge on any atom is 0.411 e. The van der Waals surface area contributed by atoms with Crippen LogP contribution in [0.15, 0.2) is 85.1 Å². The molecular weight excluding hydrogens is 434 g/mol. The first-order valence-electron chi connectivity index (χ1n) is 10.7. The average Bonchev–Trinajstić information content (AvgIpc) is 3.53. The largest absolute Gasteiger partial charge is 0.445 e. The highest BCUT2D eigenvalue weighted by atomic mass is 32.2. The first kappa shape index (κ1) is 21.2. The number of aromatic nitrogens is 1. The fraction of sp³-hybridized carbons (Fsp3) is 0.154. The molecular formula is C26H23N3O3S. The number of nitrogens with one attached hydrogen (secondary N) is 2. The summed E-state index contributed by atoms with van der Waals surface area (Å²) in [7, 11) is 0. The summed E-state index contributed by atoms with van der Waals surface area (Å²) in [5.41, 5.74) is 4.77. The molecule has 1 aliphatic heterocycles. The van der Waals surface area contributed by atoms with Crippen molar-refractivity contribution < 1.29 is 14.3 Å². The average molecular weight is 458 g/mol. The first-order chi connectivity index (χ1) is 16.2. The molecule has 1 saturated heterocycles. The molecule has 2 amide bonds. The van der Waals surface area contributed by atoms with Crippen molar-refractivity contribution in [2.45, 2.75) is 12.6 Å².